The average Bonchev–Trinajstić information content (AvgIpc) is 2.50. The highest BCUT2D eigenvalue weighted by Crippen LogP contribution is 2.20. The molecular formula is C9H19NO. The molecule has 0 aliphatic carbocycles. The van der Waals surface area contributed by atoms with Crippen molar-refractivity contribution in [2.45, 2.75) is 38.8 Å². The molecule has 2 nitrogen and oxygen atoms in total. The average molecular weight is 157 g/mol. The van der Waals surface area contributed by atoms with E-state index < -0.39 is 0 Å². The monoisotopic (exact) mass is 157 g/mol. The van der Waals surface area contributed by atoms with Gasteiger partial charge in [0.15, 0.2) is 0 Å². The van der Waals surface area contributed by atoms with Crippen LogP contribution in [-0.4, -0.2) is 37.2 Å². The summed E-state index contributed by atoms with van der Waals surface area (Å²) in [5.74, 6) is 0. The number of nitrogens with zero attached hydrogens (tertiary/aromatic N) is 1. The van der Waals surface area contributed by atoms with Crippen molar-refractivity contribution in [1.82, 2.24) is 4.90 Å². The molecule has 0 aromatic heterocycles. The van der Waals surface area contributed by atoms with E-state index in [2.05, 4.69) is 18.7 Å². The van der Waals surface area contributed by atoms with Gasteiger partial charge in [0, 0.05) is 13.2 Å². The van der Waals surface area contributed by atoms with Gasteiger partial charge in [-0.05, 0) is 32.9 Å². The van der Waals surface area contributed by atoms with Crippen LogP contribution in [0.5, 0.6) is 0 Å². The van der Waals surface area contributed by atoms with E-state index in [1.807, 2.05) is 0 Å². The topological polar surface area (TPSA) is 12.5 Å². The lowest BCUT2D eigenvalue weighted by Gasteiger charge is -2.27. The zero-order chi connectivity index (χ0) is 8.27. The van der Waals surface area contributed by atoms with Crippen molar-refractivity contribution in [3.63, 3.8) is 0 Å². The second-order valence-electron chi connectivity index (χ2n) is 3.28. The second kappa shape index (κ2) is 4.07. The van der Waals surface area contributed by atoms with Crippen molar-refractivity contribution >= 4 is 0 Å². The molecule has 1 aliphatic rings. The van der Waals surface area contributed by atoms with Gasteiger partial charge >= 0.3 is 0 Å². The molecule has 1 heterocycles. The van der Waals surface area contributed by atoms with E-state index >= 15 is 0 Å². The molecule has 0 amide bonds. The predicted molar refractivity (Wildman–Crippen MR) is 46.7 cm³/mol. The third kappa shape index (κ3) is 1.94. The van der Waals surface area contributed by atoms with Crippen molar-refractivity contribution in [3.8, 4) is 0 Å². The Morgan fingerprint density at radius 3 is 2.91 bits per heavy atom. The lowest BCUT2D eigenvalue weighted by atomic mass is 10.1. The van der Waals surface area contributed by atoms with E-state index in [1.54, 1.807) is 7.11 Å². The Hall–Kier alpha value is -0.0800. The number of ether oxygens (including phenoxy) is 1. The summed E-state index contributed by atoms with van der Waals surface area (Å²) < 4.78 is 5.32. The number of rotatable bonds is 3. The third-order valence-corrected chi connectivity index (χ3v) is 2.73. The maximum atomic E-state index is 5.32. The van der Waals surface area contributed by atoms with Gasteiger partial charge in [0.1, 0.15) is 0 Å². The van der Waals surface area contributed by atoms with Crippen LogP contribution in [0.15, 0.2) is 0 Å². The Morgan fingerprint density at radius 2 is 2.36 bits per heavy atom. The minimum atomic E-state index is 0.400. The summed E-state index contributed by atoms with van der Waals surface area (Å²) in [6.07, 6.45) is 3.05. The minimum Gasteiger partial charge on any atom is -0.380 e. The van der Waals surface area contributed by atoms with Gasteiger partial charge in [-0.2, -0.15) is 0 Å². The van der Waals surface area contributed by atoms with Crippen LogP contribution in [-0.2, 0) is 4.74 Å². The summed E-state index contributed by atoms with van der Waals surface area (Å²) in [7, 11) is 1.80. The van der Waals surface area contributed by atoms with Crippen LogP contribution in [0.25, 0.3) is 0 Å². The van der Waals surface area contributed by atoms with Crippen molar-refractivity contribution in [1.29, 1.82) is 0 Å². The number of likely N-dealkylation sites (N-methyl/N-ethyl adjacent to an activating group) is 1. The second-order valence-corrected chi connectivity index (χ2v) is 3.28. The number of likely N-dealkylation sites (tertiary alicyclic amines) is 1. The molecule has 1 fully saturated rings. The first-order valence-corrected chi connectivity index (χ1v) is 4.56. The fraction of sp³-hybridized carbons (Fsp3) is 1.00. The first-order valence-electron chi connectivity index (χ1n) is 4.56. The molecule has 1 aliphatic heterocycles. The fourth-order valence-electron chi connectivity index (χ4n) is 1.93. The lowest BCUT2D eigenvalue weighted by molar-refractivity contribution is 0.0459. The SMILES string of the molecule is CCN1CCCC1C(C)OC. The smallest absolute Gasteiger partial charge is 0.0698 e. The summed E-state index contributed by atoms with van der Waals surface area (Å²) in [6.45, 7) is 6.81. The van der Waals surface area contributed by atoms with Gasteiger partial charge < -0.3 is 4.74 Å². The first-order chi connectivity index (χ1) is 5.29. The van der Waals surface area contributed by atoms with Gasteiger partial charge in [0.25, 0.3) is 0 Å². The standard InChI is InChI=1S/C9H19NO/c1-4-10-7-5-6-9(10)8(2)11-3/h8-9H,4-7H2,1-3H3. The summed E-state index contributed by atoms with van der Waals surface area (Å²) in [5, 5.41) is 0. The maximum absolute atomic E-state index is 5.32. The molecule has 0 aromatic carbocycles. The van der Waals surface area contributed by atoms with Crippen LogP contribution in [0.2, 0.25) is 0 Å². The van der Waals surface area contributed by atoms with Crippen molar-refractivity contribution in [2.75, 3.05) is 20.2 Å². The molecular weight excluding hydrogens is 138 g/mol. The Balaban J connectivity index is 2.42. The van der Waals surface area contributed by atoms with Gasteiger partial charge in [-0.15, -0.1) is 0 Å². The molecule has 2 atom stereocenters. The molecule has 0 N–H and O–H groups in total. The van der Waals surface area contributed by atoms with E-state index in [1.165, 1.54) is 25.9 Å². The van der Waals surface area contributed by atoms with Crippen molar-refractivity contribution in [3.05, 3.63) is 0 Å². The molecule has 0 radical (unpaired) electrons. The van der Waals surface area contributed by atoms with Gasteiger partial charge in [0.05, 0.1) is 6.10 Å². The lowest BCUT2D eigenvalue weighted by Crippen LogP contribution is -2.38. The predicted octanol–water partition coefficient (Wildman–Crippen LogP) is 1.51. The van der Waals surface area contributed by atoms with E-state index in [9.17, 15) is 0 Å². The summed E-state index contributed by atoms with van der Waals surface area (Å²) in [5.41, 5.74) is 0. The van der Waals surface area contributed by atoms with E-state index in [0.717, 1.165) is 0 Å². The summed E-state index contributed by atoms with van der Waals surface area (Å²) >= 11 is 0. The van der Waals surface area contributed by atoms with Crippen molar-refractivity contribution < 1.29 is 4.74 Å². The third-order valence-electron chi connectivity index (χ3n) is 2.73. The van der Waals surface area contributed by atoms with E-state index in [4.69, 9.17) is 4.74 Å². The zero-order valence-corrected chi connectivity index (χ0v) is 7.84. The molecule has 0 aromatic rings. The molecule has 0 spiro atoms. The molecule has 2 unspecified atom stereocenters. The quantitative estimate of drug-likeness (QED) is 0.615. The largest absolute Gasteiger partial charge is 0.380 e. The first kappa shape index (κ1) is 9.01. The molecule has 1 saturated heterocycles. The molecule has 0 bridgehead atoms. The van der Waals surface area contributed by atoms with Crippen LogP contribution in [0, 0.1) is 0 Å². The van der Waals surface area contributed by atoms with Gasteiger partial charge in [0.2, 0.25) is 0 Å². The molecule has 1 rings (SSSR count). The Morgan fingerprint density at radius 1 is 1.64 bits per heavy atom. The highest BCUT2D eigenvalue weighted by Gasteiger charge is 2.27. The molecule has 66 valence electrons. The molecule has 0 saturated carbocycles. The molecule has 11 heavy (non-hydrogen) atoms. The minimum absolute atomic E-state index is 0.400. The van der Waals surface area contributed by atoms with Crippen LogP contribution in [0.4, 0.5) is 0 Å². The Kier molecular flexibility index (Phi) is 3.34. The van der Waals surface area contributed by atoms with E-state index in [-0.39, 0.29) is 0 Å². The summed E-state index contributed by atoms with van der Waals surface area (Å²) in [6, 6.07) is 0.671. The number of methoxy groups -OCH3 is 1. The van der Waals surface area contributed by atoms with Gasteiger partial charge in [-0.25, -0.2) is 0 Å². The van der Waals surface area contributed by atoms with Gasteiger partial charge in [-0.3, -0.25) is 4.90 Å². The van der Waals surface area contributed by atoms with E-state index in [0.29, 0.717) is 12.1 Å². The highest BCUT2D eigenvalue weighted by atomic mass is 16.5. The Bertz CT molecular complexity index is 116. The fourth-order valence-corrected chi connectivity index (χ4v) is 1.93. The number of hydrogen-bond acceptors (Lipinski definition) is 2. The Labute approximate surface area is 69.5 Å². The normalized spacial score (nSPS) is 29.2. The van der Waals surface area contributed by atoms with Gasteiger partial charge in [-0.1, -0.05) is 6.92 Å². The zero-order valence-electron chi connectivity index (χ0n) is 7.84. The van der Waals surface area contributed by atoms with Crippen molar-refractivity contribution in [2.24, 2.45) is 0 Å². The van der Waals surface area contributed by atoms with Crippen LogP contribution < -0.4 is 0 Å². The van der Waals surface area contributed by atoms with Crippen LogP contribution in [0.1, 0.15) is 26.7 Å². The summed E-state index contributed by atoms with van der Waals surface area (Å²) in [4.78, 5) is 2.51. The number of hydrogen-bond donors (Lipinski definition) is 0. The highest BCUT2D eigenvalue weighted by molar-refractivity contribution is 4.82. The maximum Gasteiger partial charge on any atom is 0.0698 e. The van der Waals surface area contributed by atoms with Crippen LogP contribution >= 0.6 is 0 Å². The molecule has 2 heteroatoms. The van der Waals surface area contributed by atoms with Crippen LogP contribution in [0.3, 0.4) is 0 Å².